The van der Waals surface area contributed by atoms with E-state index < -0.39 is 0 Å². The number of amides is 1. The van der Waals surface area contributed by atoms with Crippen LogP contribution in [0.25, 0.3) is 11.0 Å². The summed E-state index contributed by atoms with van der Waals surface area (Å²) in [5.74, 6) is 0.719. The molecule has 2 heterocycles. The van der Waals surface area contributed by atoms with Crippen molar-refractivity contribution in [1.29, 1.82) is 0 Å². The minimum Gasteiger partial charge on any atom is -0.342 e. The average Bonchev–Trinajstić information content (AvgIpc) is 3.07. The first-order valence-corrected chi connectivity index (χ1v) is 7.07. The molecule has 0 bridgehead atoms. The molecular weight excluding hydrogens is 272 g/mol. The van der Waals surface area contributed by atoms with Gasteiger partial charge in [0.1, 0.15) is 10.7 Å². The van der Waals surface area contributed by atoms with Crippen LogP contribution >= 0.6 is 11.5 Å². The van der Waals surface area contributed by atoms with E-state index in [1.54, 1.807) is 12.3 Å². The maximum absolute atomic E-state index is 12.0. The van der Waals surface area contributed by atoms with Gasteiger partial charge < -0.3 is 9.88 Å². The molecule has 6 heteroatoms. The van der Waals surface area contributed by atoms with Crippen molar-refractivity contribution in [2.75, 3.05) is 0 Å². The lowest BCUT2D eigenvalue weighted by Crippen LogP contribution is -2.27. The van der Waals surface area contributed by atoms with Gasteiger partial charge in [-0.05, 0) is 36.7 Å². The van der Waals surface area contributed by atoms with E-state index in [9.17, 15) is 4.79 Å². The molecule has 1 aromatic carbocycles. The number of para-hydroxylation sites is 2. The molecular formula is C14H14N4OS. The van der Waals surface area contributed by atoms with Gasteiger partial charge in [0, 0.05) is 13.2 Å². The SMILES string of the molecule is CC(NC(=O)c1ccns1)c1nc2ccccc2n1C. The number of nitrogens with one attached hydrogen (secondary N) is 1. The number of aromatic nitrogens is 3. The quantitative estimate of drug-likeness (QED) is 0.805. The molecule has 3 rings (SSSR count). The maximum atomic E-state index is 12.0. The lowest BCUT2D eigenvalue weighted by atomic mass is 10.3. The van der Waals surface area contributed by atoms with Crippen LogP contribution in [0.5, 0.6) is 0 Å². The van der Waals surface area contributed by atoms with Crippen LogP contribution in [-0.4, -0.2) is 19.8 Å². The molecule has 102 valence electrons. The van der Waals surface area contributed by atoms with Gasteiger partial charge in [-0.3, -0.25) is 4.79 Å². The molecule has 3 aromatic rings. The fourth-order valence-corrected chi connectivity index (χ4v) is 2.72. The smallest absolute Gasteiger partial charge is 0.263 e. The van der Waals surface area contributed by atoms with Crippen molar-refractivity contribution in [3.63, 3.8) is 0 Å². The summed E-state index contributed by atoms with van der Waals surface area (Å²) in [4.78, 5) is 17.2. The fourth-order valence-electron chi connectivity index (χ4n) is 2.22. The van der Waals surface area contributed by atoms with Gasteiger partial charge >= 0.3 is 0 Å². The summed E-state index contributed by atoms with van der Waals surface area (Å²) >= 11 is 1.19. The Morgan fingerprint density at radius 2 is 2.15 bits per heavy atom. The highest BCUT2D eigenvalue weighted by Gasteiger charge is 2.17. The van der Waals surface area contributed by atoms with E-state index in [1.165, 1.54) is 11.5 Å². The van der Waals surface area contributed by atoms with E-state index in [0.717, 1.165) is 16.9 Å². The van der Waals surface area contributed by atoms with Crippen molar-refractivity contribution in [1.82, 2.24) is 19.2 Å². The second-order valence-corrected chi connectivity index (χ2v) is 5.42. The van der Waals surface area contributed by atoms with Gasteiger partial charge in [0.2, 0.25) is 0 Å². The van der Waals surface area contributed by atoms with E-state index in [4.69, 9.17) is 0 Å². The Kier molecular flexibility index (Phi) is 3.23. The van der Waals surface area contributed by atoms with Crippen molar-refractivity contribution in [2.45, 2.75) is 13.0 Å². The maximum Gasteiger partial charge on any atom is 0.263 e. The topological polar surface area (TPSA) is 59.8 Å². The number of aryl methyl sites for hydroxylation is 1. The highest BCUT2D eigenvalue weighted by atomic mass is 32.1. The number of hydrogen-bond acceptors (Lipinski definition) is 4. The standard InChI is InChI=1S/C14H14N4OS/c1-9(16-14(19)12-7-8-15-20-12)13-17-10-5-3-4-6-11(10)18(13)2/h3-9H,1-2H3,(H,16,19). The van der Waals surface area contributed by atoms with Crippen molar-refractivity contribution < 1.29 is 4.79 Å². The lowest BCUT2D eigenvalue weighted by Gasteiger charge is -2.13. The summed E-state index contributed by atoms with van der Waals surface area (Å²) in [5, 5.41) is 2.95. The molecule has 0 saturated carbocycles. The second-order valence-electron chi connectivity index (χ2n) is 4.59. The van der Waals surface area contributed by atoms with Crippen LogP contribution in [-0.2, 0) is 7.05 Å². The summed E-state index contributed by atoms with van der Waals surface area (Å²) in [6, 6.07) is 9.47. The van der Waals surface area contributed by atoms with Gasteiger partial charge in [-0.2, -0.15) is 0 Å². The second kappa shape index (κ2) is 5.05. The molecule has 2 aromatic heterocycles. The van der Waals surface area contributed by atoms with E-state index >= 15 is 0 Å². The van der Waals surface area contributed by atoms with Crippen molar-refractivity contribution in [3.05, 3.63) is 47.2 Å². The first-order valence-electron chi connectivity index (χ1n) is 6.29. The third-order valence-corrected chi connectivity index (χ3v) is 3.96. The molecule has 1 N–H and O–H groups in total. The van der Waals surface area contributed by atoms with Crippen molar-refractivity contribution >= 4 is 28.5 Å². The van der Waals surface area contributed by atoms with Crippen LogP contribution in [0.2, 0.25) is 0 Å². The molecule has 0 aliphatic heterocycles. The monoisotopic (exact) mass is 286 g/mol. The van der Waals surface area contributed by atoms with Gasteiger partial charge in [0.15, 0.2) is 0 Å². The minimum atomic E-state index is -0.165. The molecule has 0 aliphatic rings. The predicted molar refractivity (Wildman–Crippen MR) is 78.7 cm³/mol. The number of carbonyl (C=O) groups excluding carboxylic acids is 1. The third-order valence-electron chi connectivity index (χ3n) is 3.22. The summed E-state index contributed by atoms with van der Waals surface area (Å²) in [6.07, 6.45) is 1.62. The molecule has 0 radical (unpaired) electrons. The van der Waals surface area contributed by atoms with E-state index in [-0.39, 0.29) is 11.9 Å². The lowest BCUT2D eigenvalue weighted by molar-refractivity contribution is 0.0942. The largest absolute Gasteiger partial charge is 0.342 e. The highest BCUT2D eigenvalue weighted by molar-refractivity contribution is 7.08. The Hall–Kier alpha value is -2.21. The molecule has 0 saturated heterocycles. The van der Waals surface area contributed by atoms with E-state index in [1.807, 2.05) is 42.8 Å². The number of imidazole rings is 1. The van der Waals surface area contributed by atoms with E-state index in [2.05, 4.69) is 14.7 Å². The summed E-state index contributed by atoms with van der Waals surface area (Å²) < 4.78 is 5.94. The van der Waals surface area contributed by atoms with Crippen LogP contribution in [0.4, 0.5) is 0 Å². The number of nitrogens with zero attached hydrogens (tertiary/aromatic N) is 3. The molecule has 20 heavy (non-hydrogen) atoms. The molecule has 1 amide bonds. The third kappa shape index (κ3) is 2.18. The molecule has 0 spiro atoms. The number of fused-ring (bicyclic) bond motifs is 1. The summed E-state index contributed by atoms with van der Waals surface area (Å²) in [7, 11) is 1.96. The van der Waals surface area contributed by atoms with Crippen LogP contribution in [0.3, 0.4) is 0 Å². The molecule has 0 fully saturated rings. The molecule has 1 unspecified atom stereocenters. The minimum absolute atomic E-state index is 0.118. The Morgan fingerprint density at radius 3 is 2.85 bits per heavy atom. The van der Waals surface area contributed by atoms with Gasteiger partial charge in [0.05, 0.1) is 17.1 Å². The Morgan fingerprint density at radius 1 is 1.35 bits per heavy atom. The van der Waals surface area contributed by atoms with Gasteiger partial charge in [-0.25, -0.2) is 9.36 Å². The summed E-state index contributed by atoms with van der Waals surface area (Å²) in [5.41, 5.74) is 1.99. The van der Waals surface area contributed by atoms with Crippen LogP contribution in [0, 0.1) is 0 Å². The molecule has 1 atom stereocenters. The zero-order valence-electron chi connectivity index (χ0n) is 11.2. The van der Waals surface area contributed by atoms with Crippen LogP contribution in [0.1, 0.15) is 28.5 Å². The number of carbonyl (C=O) groups is 1. The van der Waals surface area contributed by atoms with Crippen molar-refractivity contribution in [2.24, 2.45) is 7.05 Å². The number of rotatable bonds is 3. The molecule has 0 aliphatic carbocycles. The normalized spacial score (nSPS) is 12.5. The Bertz CT molecular complexity index is 748. The summed E-state index contributed by atoms with van der Waals surface area (Å²) in [6.45, 7) is 1.93. The van der Waals surface area contributed by atoms with Crippen LogP contribution < -0.4 is 5.32 Å². The Balaban J connectivity index is 1.87. The van der Waals surface area contributed by atoms with Gasteiger partial charge in [-0.1, -0.05) is 12.1 Å². The molecule has 5 nitrogen and oxygen atoms in total. The van der Waals surface area contributed by atoms with E-state index in [0.29, 0.717) is 4.88 Å². The first kappa shape index (κ1) is 12.8. The highest BCUT2D eigenvalue weighted by Crippen LogP contribution is 2.19. The fraction of sp³-hybridized carbons (Fsp3) is 0.214. The number of benzene rings is 1. The van der Waals surface area contributed by atoms with Gasteiger partial charge in [-0.15, -0.1) is 0 Å². The van der Waals surface area contributed by atoms with Gasteiger partial charge in [0.25, 0.3) is 5.91 Å². The van der Waals surface area contributed by atoms with Crippen molar-refractivity contribution in [3.8, 4) is 0 Å². The average molecular weight is 286 g/mol. The van der Waals surface area contributed by atoms with Crippen LogP contribution in [0.15, 0.2) is 36.5 Å². The predicted octanol–water partition coefficient (Wildman–Crippen LogP) is 2.52. The zero-order chi connectivity index (χ0) is 14.1. The zero-order valence-corrected chi connectivity index (χ0v) is 12.0. The number of hydrogen-bond donors (Lipinski definition) is 1. The Labute approximate surface area is 120 Å². The first-order chi connectivity index (χ1) is 9.66.